The van der Waals surface area contributed by atoms with Crippen molar-refractivity contribution in [3.8, 4) is 11.3 Å². The number of benzene rings is 2. The number of carbonyl (C=O) groups excluding carboxylic acids is 1. The van der Waals surface area contributed by atoms with Crippen LogP contribution in [0.5, 0.6) is 0 Å². The Morgan fingerprint density at radius 2 is 1.77 bits per heavy atom. The highest BCUT2D eigenvalue weighted by atomic mass is 35.5. The summed E-state index contributed by atoms with van der Waals surface area (Å²) in [6, 6.07) is 16.4. The summed E-state index contributed by atoms with van der Waals surface area (Å²) in [5, 5.41) is 3.49. The molecule has 0 spiro atoms. The predicted molar refractivity (Wildman–Crippen MR) is 129 cm³/mol. The number of para-hydroxylation sites is 1. The van der Waals surface area contributed by atoms with E-state index in [1.165, 1.54) is 0 Å². The minimum Gasteiger partial charge on any atom is -0.344 e. The summed E-state index contributed by atoms with van der Waals surface area (Å²) in [4.78, 5) is 26.4. The minimum atomic E-state index is -0.406. The molecular weight excluding hydrogens is 408 g/mol. The molecule has 0 bridgehead atoms. The third-order valence-corrected chi connectivity index (χ3v) is 5.71. The summed E-state index contributed by atoms with van der Waals surface area (Å²) in [5.74, 6) is -0.406. The molecule has 0 fully saturated rings. The Balaban J connectivity index is 2.13. The first-order valence-electron chi connectivity index (χ1n) is 10.8. The molecule has 162 valence electrons. The molecule has 0 unspecified atom stereocenters. The van der Waals surface area contributed by atoms with E-state index < -0.39 is 5.91 Å². The van der Waals surface area contributed by atoms with E-state index in [0.717, 1.165) is 49.0 Å². The second kappa shape index (κ2) is 10.5. The molecule has 2 aromatic carbocycles. The maximum atomic E-state index is 13.3. The van der Waals surface area contributed by atoms with E-state index in [1.807, 2.05) is 56.3 Å². The van der Waals surface area contributed by atoms with Crippen LogP contribution in [-0.2, 0) is 6.54 Å². The van der Waals surface area contributed by atoms with Crippen LogP contribution in [0.25, 0.3) is 11.3 Å². The Bertz CT molecular complexity index is 1130. The Hall–Kier alpha value is -2.85. The Kier molecular flexibility index (Phi) is 7.69. The van der Waals surface area contributed by atoms with Gasteiger partial charge in [-0.3, -0.25) is 9.59 Å². The maximum Gasteiger partial charge on any atom is 0.261 e. The molecule has 1 aromatic heterocycles. The number of hydrogen-bond acceptors (Lipinski definition) is 2. The SMILES string of the molecule is CCCCCCn1c(C)cc(=O)c(C(=O)Nc2ccccc2C)c1-c1cccc(Cl)c1. The number of amides is 1. The topological polar surface area (TPSA) is 51.1 Å². The van der Waals surface area contributed by atoms with Crippen LogP contribution in [0.4, 0.5) is 5.69 Å². The van der Waals surface area contributed by atoms with E-state index >= 15 is 0 Å². The molecule has 0 saturated carbocycles. The Morgan fingerprint density at radius 1 is 1.00 bits per heavy atom. The van der Waals surface area contributed by atoms with E-state index in [4.69, 9.17) is 11.6 Å². The van der Waals surface area contributed by atoms with Crippen LogP contribution < -0.4 is 10.7 Å². The van der Waals surface area contributed by atoms with Crippen molar-refractivity contribution in [1.29, 1.82) is 0 Å². The second-order valence-electron chi connectivity index (χ2n) is 7.87. The zero-order valence-corrected chi connectivity index (χ0v) is 19.1. The van der Waals surface area contributed by atoms with Gasteiger partial charge in [-0.05, 0) is 44.0 Å². The van der Waals surface area contributed by atoms with Gasteiger partial charge in [-0.2, -0.15) is 0 Å². The summed E-state index contributed by atoms with van der Waals surface area (Å²) < 4.78 is 2.08. The molecule has 3 aromatic rings. The Morgan fingerprint density at radius 3 is 2.48 bits per heavy atom. The smallest absolute Gasteiger partial charge is 0.261 e. The van der Waals surface area contributed by atoms with Crippen molar-refractivity contribution in [2.45, 2.75) is 53.0 Å². The van der Waals surface area contributed by atoms with Crippen LogP contribution in [0.1, 0.15) is 54.2 Å². The third kappa shape index (κ3) is 5.45. The van der Waals surface area contributed by atoms with Crippen molar-refractivity contribution in [1.82, 2.24) is 4.57 Å². The number of halogens is 1. The van der Waals surface area contributed by atoms with Gasteiger partial charge in [-0.25, -0.2) is 0 Å². The summed E-state index contributed by atoms with van der Waals surface area (Å²) in [7, 11) is 0. The van der Waals surface area contributed by atoms with E-state index in [-0.39, 0.29) is 11.0 Å². The molecule has 0 aliphatic rings. The molecule has 1 N–H and O–H groups in total. The molecule has 4 nitrogen and oxygen atoms in total. The van der Waals surface area contributed by atoms with Gasteiger partial charge in [0.2, 0.25) is 0 Å². The van der Waals surface area contributed by atoms with Crippen LogP contribution in [0.15, 0.2) is 59.4 Å². The van der Waals surface area contributed by atoms with E-state index in [2.05, 4.69) is 16.8 Å². The molecule has 0 aliphatic carbocycles. The van der Waals surface area contributed by atoms with Gasteiger partial charge in [-0.1, -0.05) is 68.1 Å². The lowest BCUT2D eigenvalue weighted by Gasteiger charge is -2.21. The quantitative estimate of drug-likeness (QED) is 0.403. The van der Waals surface area contributed by atoms with Crippen molar-refractivity contribution in [2.75, 3.05) is 5.32 Å². The number of hydrogen-bond donors (Lipinski definition) is 1. The van der Waals surface area contributed by atoms with Gasteiger partial charge < -0.3 is 9.88 Å². The second-order valence-corrected chi connectivity index (χ2v) is 8.30. The van der Waals surface area contributed by atoms with Crippen LogP contribution >= 0.6 is 11.6 Å². The summed E-state index contributed by atoms with van der Waals surface area (Å²) in [6.45, 7) is 6.75. The first-order chi connectivity index (χ1) is 14.9. The van der Waals surface area contributed by atoms with Crippen molar-refractivity contribution in [3.63, 3.8) is 0 Å². The molecule has 0 radical (unpaired) electrons. The number of aromatic nitrogens is 1. The van der Waals surface area contributed by atoms with Gasteiger partial charge in [0.15, 0.2) is 5.43 Å². The summed E-state index contributed by atoms with van der Waals surface area (Å²) >= 11 is 6.27. The fraction of sp³-hybridized carbons (Fsp3) is 0.308. The average Bonchev–Trinajstić information content (AvgIpc) is 2.73. The lowest BCUT2D eigenvalue weighted by molar-refractivity contribution is 0.102. The number of rotatable bonds is 8. The van der Waals surface area contributed by atoms with Gasteiger partial charge >= 0.3 is 0 Å². The highest BCUT2D eigenvalue weighted by molar-refractivity contribution is 6.30. The third-order valence-electron chi connectivity index (χ3n) is 5.47. The molecule has 0 atom stereocenters. The first kappa shape index (κ1) is 22.8. The highest BCUT2D eigenvalue weighted by Gasteiger charge is 2.22. The van der Waals surface area contributed by atoms with Gasteiger partial charge in [0.05, 0.1) is 5.69 Å². The fourth-order valence-corrected chi connectivity index (χ4v) is 4.00. The number of carbonyl (C=O) groups is 1. The molecule has 1 amide bonds. The summed E-state index contributed by atoms with van der Waals surface area (Å²) in [6.07, 6.45) is 4.38. The summed E-state index contributed by atoms with van der Waals surface area (Å²) in [5.41, 5.74) is 3.71. The number of nitrogens with zero attached hydrogens (tertiary/aromatic N) is 1. The standard InChI is InChI=1S/C26H29ClN2O2/c1-4-5-6-9-15-29-19(3)16-23(30)24(25(29)20-12-10-13-21(27)17-20)26(31)28-22-14-8-7-11-18(22)2/h7-8,10-14,16-17H,4-6,9,15H2,1-3H3,(H,28,31). The highest BCUT2D eigenvalue weighted by Crippen LogP contribution is 2.27. The van der Waals surface area contributed by atoms with Crippen LogP contribution in [0, 0.1) is 13.8 Å². The van der Waals surface area contributed by atoms with E-state index in [9.17, 15) is 9.59 Å². The maximum absolute atomic E-state index is 13.3. The van der Waals surface area contributed by atoms with Gasteiger partial charge in [0.1, 0.15) is 5.56 Å². The molecule has 0 saturated heterocycles. The number of aryl methyl sites for hydroxylation is 2. The number of unbranched alkanes of at least 4 members (excludes halogenated alkanes) is 3. The van der Waals surface area contributed by atoms with Crippen molar-refractivity contribution in [3.05, 3.63) is 86.7 Å². The lowest BCUT2D eigenvalue weighted by atomic mass is 10.0. The van der Waals surface area contributed by atoms with Crippen LogP contribution in [0.3, 0.4) is 0 Å². The molecule has 3 rings (SSSR count). The zero-order valence-electron chi connectivity index (χ0n) is 18.4. The first-order valence-corrected chi connectivity index (χ1v) is 11.2. The van der Waals surface area contributed by atoms with Crippen molar-refractivity contribution >= 4 is 23.2 Å². The van der Waals surface area contributed by atoms with Gasteiger partial charge in [-0.15, -0.1) is 0 Å². The molecule has 31 heavy (non-hydrogen) atoms. The van der Waals surface area contributed by atoms with E-state index in [1.54, 1.807) is 12.1 Å². The largest absolute Gasteiger partial charge is 0.344 e. The Labute approximate surface area is 188 Å². The van der Waals surface area contributed by atoms with Gasteiger partial charge in [0.25, 0.3) is 5.91 Å². The predicted octanol–water partition coefficient (Wildman–Crippen LogP) is 6.62. The molecule has 1 heterocycles. The fourth-order valence-electron chi connectivity index (χ4n) is 3.81. The number of pyridine rings is 1. The monoisotopic (exact) mass is 436 g/mol. The van der Waals surface area contributed by atoms with Crippen molar-refractivity contribution < 1.29 is 4.79 Å². The lowest BCUT2D eigenvalue weighted by Crippen LogP contribution is -2.27. The molecule has 0 aliphatic heterocycles. The van der Waals surface area contributed by atoms with Gasteiger partial charge in [0, 0.05) is 34.6 Å². The number of nitrogens with one attached hydrogen (secondary N) is 1. The van der Waals surface area contributed by atoms with E-state index in [0.29, 0.717) is 16.4 Å². The molecular formula is C26H29ClN2O2. The average molecular weight is 437 g/mol. The minimum absolute atomic E-state index is 0.145. The van der Waals surface area contributed by atoms with Crippen LogP contribution in [0.2, 0.25) is 5.02 Å². The molecule has 5 heteroatoms. The van der Waals surface area contributed by atoms with Crippen molar-refractivity contribution in [2.24, 2.45) is 0 Å². The zero-order chi connectivity index (χ0) is 22.4. The van der Waals surface area contributed by atoms with Crippen LogP contribution in [-0.4, -0.2) is 10.5 Å². The normalized spacial score (nSPS) is 10.8. The number of anilines is 1.